The summed E-state index contributed by atoms with van der Waals surface area (Å²) in [4.78, 5) is 52.8. The van der Waals surface area contributed by atoms with E-state index in [1.54, 1.807) is 24.3 Å². The maximum absolute atomic E-state index is 12.3. The number of hydrogen-bond donors (Lipinski definition) is 2. The predicted octanol–water partition coefficient (Wildman–Crippen LogP) is 13.5. The average Bonchev–Trinajstić information content (AvgIpc) is 3.47. The minimum Gasteiger partial charge on any atom is -0.507 e. The molecule has 0 fully saturated rings. The Labute approximate surface area is 444 Å². The van der Waals surface area contributed by atoms with Crippen molar-refractivity contribution >= 4 is 11.9 Å². The zero-order valence-electron chi connectivity index (χ0n) is 42.8. The van der Waals surface area contributed by atoms with Crippen LogP contribution in [0.25, 0.3) is 68.3 Å². The van der Waals surface area contributed by atoms with Crippen LogP contribution >= 0.6 is 0 Å². The van der Waals surface area contributed by atoms with Crippen molar-refractivity contribution in [3.63, 3.8) is 0 Å². The quantitative estimate of drug-likeness (QED) is 0.0333. The summed E-state index contributed by atoms with van der Waals surface area (Å²) in [6, 6.07) is 48.5. The van der Waals surface area contributed by atoms with E-state index in [1.807, 2.05) is 121 Å². The van der Waals surface area contributed by atoms with Crippen LogP contribution in [0.5, 0.6) is 23.0 Å². The number of carbonyl (C=O) groups is 2. The molecule has 0 amide bonds. The summed E-state index contributed by atoms with van der Waals surface area (Å²) in [5, 5.41) is 22.0. The van der Waals surface area contributed by atoms with Gasteiger partial charge in [0, 0.05) is 47.2 Å². The van der Waals surface area contributed by atoms with E-state index in [9.17, 15) is 19.8 Å². The second-order valence-electron chi connectivity index (χ2n) is 18.3. The van der Waals surface area contributed by atoms with E-state index in [2.05, 4.69) is 19.9 Å². The van der Waals surface area contributed by atoms with Gasteiger partial charge in [-0.05, 0) is 37.1 Å². The number of phenols is 2. The molecule has 8 rings (SSSR count). The fourth-order valence-electron chi connectivity index (χ4n) is 8.52. The second-order valence-corrected chi connectivity index (χ2v) is 18.3. The van der Waals surface area contributed by atoms with Gasteiger partial charge in [0.1, 0.15) is 49.4 Å². The largest absolute Gasteiger partial charge is 0.507 e. The molecule has 0 saturated heterocycles. The van der Waals surface area contributed by atoms with Gasteiger partial charge in [0.25, 0.3) is 0 Å². The van der Waals surface area contributed by atoms with Crippen molar-refractivity contribution in [1.82, 2.24) is 29.9 Å². The minimum atomic E-state index is -0.238. The number of carbonyl (C=O) groups excluding carboxylic acids is 2. The SMILES string of the molecule is O=C(CCCCCCCCCCCCCCC(=O)OCCOc1ccc(-c2nc(-c3ccccc3)nc(-c3ccccc3)n2)c(O)c1)OCCOc1ccc(-c2nc(-c3ccccc3)nc(-c3ccccc3)n2)c(O)c1. The first-order chi connectivity index (χ1) is 37.4. The lowest BCUT2D eigenvalue weighted by molar-refractivity contribution is -0.145. The Balaban J connectivity index is 0.618. The molecule has 2 aromatic heterocycles. The molecule has 0 radical (unpaired) electrons. The summed E-state index contributed by atoms with van der Waals surface area (Å²) in [7, 11) is 0. The third-order valence-corrected chi connectivity index (χ3v) is 12.6. The maximum atomic E-state index is 12.3. The maximum Gasteiger partial charge on any atom is 0.305 e. The highest BCUT2D eigenvalue weighted by molar-refractivity contribution is 5.73. The van der Waals surface area contributed by atoms with Gasteiger partial charge in [0.2, 0.25) is 0 Å². The Hall–Kier alpha value is -8.52. The molecule has 8 aromatic rings. The average molecular weight is 1020 g/mol. The Kier molecular flexibility index (Phi) is 20.4. The van der Waals surface area contributed by atoms with Gasteiger partial charge in [-0.2, -0.15) is 0 Å². The smallest absolute Gasteiger partial charge is 0.305 e. The highest BCUT2D eigenvalue weighted by Crippen LogP contribution is 2.34. The summed E-state index contributed by atoms with van der Waals surface area (Å²) in [6.45, 7) is 0.547. The summed E-state index contributed by atoms with van der Waals surface area (Å²) in [6.07, 6.45) is 13.6. The molecule has 0 aliphatic rings. The molecule has 76 heavy (non-hydrogen) atoms. The fraction of sp³-hybridized carbons (Fsp3) is 0.290. The van der Waals surface area contributed by atoms with Crippen molar-refractivity contribution in [2.45, 2.75) is 89.9 Å². The Bertz CT molecular complexity index is 2750. The van der Waals surface area contributed by atoms with Crippen LogP contribution < -0.4 is 9.47 Å². The van der Waals surface area contributed by atoms with Crippen LogP contribution in [0.2, 0.25) is 0 Å². The van der Waals surface area contributed by atoms with Crippen LogP contribution in [0.3, 0.4) is 0 Å². The van der Waals surface area contributed by atoms with Crippen LogP contribution in [0.4, 0.5) is 0 Å². The molecule has 0 unspecified atom stereocenters. The summed E-state index contributed by atoms with van der Waals surface area (Å²) < 4.78 is 22.4. The van der Waals surface area contributed by atoms with Crippen LogP contribution in [0.1, 0.15) is 89.9 Å². The van der Waals surface area contributed by atoms with E-state index in [0.29, 0.717) is 70.4 Å². The summed E-state index contributed by atoms with van der Waals surface area (Å²) in [5.41, 5.74) is 4.22. The molecule has 390 valence electrons. The lowest BCUT2D eigenvalue weighted by Crippen LogP contribution is -2.12. The number of phenolic OH excluding ortho intramolecular Hbond substituents is 2. The van der Waals surface area contributed by atoms with Gasteiger partial charge in [-0.15, -0.1) is 0 Å². The third kappa shape index (κ3) is 16.5. The first kappa shape index (κ1) is 53.8. The van der Waals surface area contributed by atoms with Crippen molar-refractivity contribution in [3.05, 3.63) is 158 Å². The van der Waals surface area contributed by atoms with Crippen molar-refractivity contribution in [3.8, 4) is 91.3 Å². The number of aromatic nitrogens is 6. The molecule has 0 bridgehead atoms. The topological polar surface area (TPSA) is 189 Å². The second kappa shape index (κ2) is 28.8. The number of esters is 2. The van der Waals surface area contributed by atoms with Gasteiger partial charge in [0.05, 0.1) is 11.1 Å². The molecule has 14 nitrogen and oxygen atoms in total. The van der Waals surface area contributed by atoms with E-state index >= 15 is 0 Å². The van der Waals surface area contributed by atoms with Gasteiger partial charge in [-0.25, -0.2) is 29.9 Å². The van der Waals surface area contributed by atoms with Crippen LogP contribution in [0.15, 0.2) is 158 Å². The molecule has 2 heterocycles. The third-order valence-electron chi connectivity index (χ3n) is 12.6. The molecule has 0 aliphatic carbocycles. The molecule has 6 aromatic carbocycles. The number of benzene rings is 6. The highest BCUT2D eigenvalue weighted by Gasteiger charge is 2.18. The molecular formula is C62H64N6O8. The molecule has 0 spiro atoms. The van der Waals surface area contributed by atoms with E-state index in [0.717, 1.165) is 73.6 Å². The minimum absolute atomic E-state index is 0.0383. The monoisotopic (exact) mass is 1020 g/mol. The number of nitrogens with zero attached hydrogens (tertiary/aromatic N) is 6. The van der Waals surface area contributed by atoms with E-state index in [1.165, 1.54) is 37.8 Å². The van der Waals surface area contributed by atoms with E-state index in [4.69, 9.17) is 28.9 Å². The van der Waals surface area contributed by atoms with Crippen molar-refractivity contribution in [2.24, 2.45) is 0 Å². The Morgan fingerprint density at radius 2 is 0.605 bits per heavy atom. The zero-order chi connectivity index (χ0) is 52.6. The van der Waals surface area contributed by atoms with Gasteiger partial charge in [0.15, 0.2) is 34.9 Å². The van der Waals surface area contributed by atoms with Crippen molar-refractivity contribution in [1.29, 1.82) is 0 Å². The first-order valence-electron chi connectivity index (χ1n) is 26.3. The van der Waals surface area contributed by atoms with Crippen molar-refractivity contribution < 1.29 is 38.7 Å². The number of unbranched alkanes of at least 4 members (excludes halogenated alkanes) is 11. The number of hydrogen-bond acceptors (Lipinski definition) is 14. The normalized spacial score (nSPS) is 11.0. The predicted molar refractivity (Wildman–Crippen MR) is 293 cm³/mol. The molecule has 0 saturated carbocycles. The van der Waals surface area contributed by atoms with Crippen molar-refractivity contribution in [2.75, 3.05) is 26.4 Å². The number of ether oxygens (including phenoxy) is 4. The van der Waals surface area contributed by atoms with Gasteiger partial charge in [-0.3, -0.25) is 9.59 Å². The van der Waals surface area contributed by atoms with Crippen LogP contribution in [-0.2, 0) is 19.1 Å². The lowest BCUT2D eigenvalue weighted by Gasteiger charge is -2.11. The fourth-order valence-corrected chi connectivity index (χ4v) is 8.52. The number of rotatable bonds is 29. The Morgan fingerprint density at radius 1 is 0.329 bits per heavy atom. The summed E-state index contributed by atoms with van der Waals surface area (Å²) >= 11 is 0. The zero-order valence-corrected chi connectivity index (χ0v) is 42.8. The van der Waals surface area contributed by atoms with E-state index < -0.39 is 0 Å². The first-order valence-corrected chi connectivity index (χ1v) is 26.3. The Morgan fingerprint density at radius 3 is 0.895 bits per heavy atom. The van der Waals surface area contributed by atoms with E-state index in [-0.39, 0.29) is 49.9 Å². The molecule has 2 N–H and O–H groups in total. The van der Waals surface area contributed by atoms with Gasteiger partial charge < -0.3 is 29.2 Å². The van der Waals surface area contributed by atoms with Gasteiger partial charge in [-0.1, -0.05) is 186 Å². The van der Waals surface area contributed by atoms with Gasteiger partial charge >= 0.3 is 11.9 Å². The molecule has 0 aliphatic heterocycles. The molecular weight excluding hydrogens is 957 g/mol. The lowest BCUT2D eigenvalue weighted by atomic mass is 10.0. The highest BCUT2D eigenvalue weighted by atomic mass is 16.6. The summed E-state index contributed by atoms with van der Waals surface area (Å²) in [5.74, 6) is 2.99. The van der Waals surface area contributed by atoms with Crippen LogP contribution in [-0.4, -0.2) is 78.5 Å². The molecule has 14 heteroatoms. The molecule has 0 atom stereocenters. The number of aromatic hydroxyl groups is 2. The standard InChI is InChI=1S/C62H64N6O8/c69-53-43-49(35-37-51(53)61-65-57(45-25-15-11-16-26-45)63-58(66-61)46-27-17-12-18-28-46)73-39-41-75-55(71)33-23-9-7-5-3-1-2-4-6-8-10-24-34-56(72)76-42-40-74-50-36-38-52(54(70)44-50)62-67-59(47-29-19-13-20-30-47)64-60(68-62)48-31-21-14-22-32-48/h11-22,25-32,35-38,43-44,69-70H,1-10,23-24,33-34,39-42H2. The van der Waals surface area contributed by atoms with Crippen LogP contribution in [0, 0.1) is 0 Å².